The maximum absolute atomic E-state index is 11.8. The highest BCUT2D eigenvalue weighted by atomic mass is 35.5. The number of esters is 1. The van der Waals surface area contributed by atoms with Gasteiger partial charge >= 0.3 is 5.97 Å². The Morgan fingerprint density at radius 2 is 2.20 bits per heavy atom. The Balaban J connectivity index is 2.19. The quantitative estimate of drug-likeness (QED) is 0.685. The van der Waals surface area contributed by atoms with Crippen LogP contribution in [0.15, 0.2) is 12.1 Å². The van der Waals surface area contributed by atoms with E-state index in [1.54, 1.807) is 30.6 Å². The van der Waals surface area contributed by atoms with Crippen LogP contribution in [0.3, 0.4) is 0 Å². The van der Waals surface area contributed by atoms with Gasteiger partial charge in [0.1, 0.15) is 0 Å². The third-order valence-corrected chi connectivity index (χ3v) is 4.86. The highest BCUT2D eigenvalue weighted by Gasteiger charge is 2.11. The van der Waals surface area contributed by atoms with Crippen LogP contribution < -0.4 is 0 Å². The molecule has 0 saturated carbocycles. The molecule has 0 bridgehead atoms. The lowest BCUT2D eigenvalue weighted by Gasteiger charge is -2.16. The van der Waals surface area contributed by atoms with Gasteiger partial charge in [-0.05, 0) is 19.1 Å². The van der Waals surface area contributed by atoms with Gasteiger partial charge in [-0.25, -0.2) is 0 Å². The van der Waals surface area contributed by atoms with Crippen LogP contribution in [0.1, 0.15) is 18.2 Å². The molecular formula is C13H18ClNO3S2. The number of hydrogen-bond donors (Lipinski definition) is 0. The van der Waals surface area contributed by atoms with Crippen LogP contribution in [0, 0.1) is 0 Å². The smallest absolute Gasteiger partial charge is 0.307 e. The Hall–Kier alpha value is -0.720. The van der Waals surface area contributed by atoms with Gasteiger partial charge < -0.3 is 9.64 Å². The van der Waals surface area contributed by atoms with E-state index in [1.807, 2.05) is 12.1 Å². The summed E-state index contributed by atoms with van der Waals surface area (Å²) in [6.07, 6.45) is 0.237. The summed E-state index contributed by atoms with van der Waals surface area (Å²) < 4.78 is 5.58. The van der Waals surface area contributed by atoms with Crippen molar-refractivity contribution in [1.82, 2.24) is 4.90 Å². The predicted molar refractivity (Wildman–Crippen MR) is 84.4 cm³/mol. The number of carbonyl (C=O) groups is 2. The van der Waals surface area contributed by atoms with E-state index < -0.39 is 0 Å². The zero-order valence-corrected chi connectivity index (χ0v) is 13.9. The molecule has 0 aromatic carbocycles. The first-order chi connectivity index (χ1) is 9.52. The number of hydrogen-bond acceptors (Lipinski definition) is 5. The van der Waals surface area contributed by atoms with E-state index in [-0.39, 0.29) is 18.3 Å². The molecule has 0 N–H and O–H groups in total. The maximum Gasteiger partial charge on any atom is 0.307 e. The van der Waals surface area contributed by atoms with Gasteiger partial charge in [0.25, 0.3) is 0 Å². The first-order valence-electron chi connectivity index (χ1n) is 6.24. The molecule has 0 aliphatic rings. The highest BCUT2D eigenvalue weighted by molar-refractivity contribution is 7.99. The van der Waals surface area contributed by atoms with Crippen LogP contribution in [0.5, 0.6) is 0 Å². The second-order valence-corrected chi connectivity index (χ2v) is 6.85. The molecule has 0 saturated heterocycles. The molecule has 0 aliphatic carbocycles. The third-order valence-electron chi connectivity index (χ3n) is 2.48. The Morgan fingerprint density at radius 1 is 1.45 bits per heavy atom. The molecule has 1 aromatic rings. The van der Waals surface area contributed by atoms with Gasteiger partial charge in [-0.3, -0.25) is 9.59 Å². The van der Waals surface area contributed by atoms with Crippen molar-refractivity contribution in [2.24, 2.45) is 0 Å². The van der Waals surface area contributed by atoms with Crippen molar-refractivity contribution in [2.75, 3.05) is 26.0 Å². The van der Waals surface area contributed by atoms with Crippen molar-refractivity contribution in [3.8, 4) is 0 Å². The number of rotatable bonds is 8. The van der Waals surface area contributed by atoms with Crippen LogP contribution in [0.4, 0.5) is 0 Å². The zero-order valence-electron chi connectivity index (χ0n) is 11.6. The summed E-state index contributed by atoms with van der Waals surface area (Å²) in [4.78, 5) is 25.7. The Labute approximate surface area is 132 Å². The van der Waals surface area contributed by atoms with Crippen LogP contribution in [-0.2, 0) is 20.1 Å². The second-order valence-electron chi connectivity index (χ2n) is 4.07. The van der Waals surface area contributed by atoms with Crippen LogP contribution in [-0.4, -0.2) is 42.7 Å². The van der Waals surface area contributed by atoms with E-state index >= 15 is 0 Å². The van der Waals surface area contributed by atoms with Gasteiger partial charge in [-0.1, -0.05) is 11.6 Å². The molecular weight excluding hydrogens is 318 g/mol. The van der Waals surface area contributed by atoms with Crippen molar-refractivity contribution in [3.63, 3.8) is 0 Å². The lowest BCUT2D eigenvalue weighted by atomic mass is 10.4. The molecule has 0 unspecified atom stereocenters. The zero-order chi connectivity index (χ0) is 15.0. The summed E-state index contributed by atoms with van der Waals surface area (Å²) in [7, 11) is 1.70. The number of thiophene rings is 1. The Bertz CT molecular complexity index is 451. The van der Waals surface area contributed by atoms with Gasteiger partial charge in [0.05, 0.1) is 23.1 Å². The minimum Gasteiger partial charge on any atom is -0.466 e. The number of carbonyl (C=O) groups excluding carboxylic acids is 2. The van der Waals surface area contributed by atoms with Crippen LogP contribution in [0.25, 0.3) is 0 Å². The summed E-state index contributed by atoms with van der Waals surface area (Å²) in [5, 5.41) is 0. The molecule has 1 rings (SSSR count). The van der Waals surface area contributed by atoms with E-state index in [4.69, 9.17) is 16.3 Å². The van der Waals surface area contributed by atoms with Crippen molar-refractivity contribution >= 4 is 46.6 Å². The maximum atomic E-state index is 11.8. The number of ether oxygens (including phenoxy) is 1. The molecule has 0 spiro atoms. The molecule has 0 radical (unpaired) electrons. The molecule has 0 atom stereocenters. The Kier molecular flexibility index (Phi) is 8.02. The number of nitrogens with zero attached hydrogens (tertiary/aromatic N) is 1. The topological polar surface area (TPSA) is 46.6 Å². The summed E-state index contributed by atoms with van der Waals surface area (Å²) >= 11 is 8.91. The first-order valence-corrected chi connectivity index (χ1v) is 8.59. The fraction of sp³-hybridized carbons (Fsp3) is 0.538. The molecule has 20 heavy (non-hydrogen) atoms. The lowest BCUT2D eigenvalue weighted by molar-refractivity contribution is -0.143. The molecule has 7 heteroatoms. The van der Waals surface area contributed by atoms with Crippen molar-refractivity contribution in [1.29, 1.82) is 0 Å². The summed E-state index contributed by atoms with van der Waals surface area (Å²) in [5.41, 5.74) is 0. The van der Waals surface area contributed by atoms with Crippen molar-refractivity contribution in [2.45, 2.75) is 19.1 Å². The lowest BCUT2D eigenvalue weighted by Crippen LogP contribution is -2.30. The molecule has 1 amide bonds. The number of thioether (sulfide) groups is 1. The molecule has 1 aromatic heterocycles. The van der Waals surface area contributed by atoms with Gasteiger partial charge in [0.2, 0.25) is 5.91 Å². The number of halogens is 1. The van der Waals surface area contributed by atoms with E-state index in [2.05, 4.69) is 0 Å². The van der Waals surface area contributed by atoms with E-state index in [1.165, 1.54) is 11.3 Å². The van der Waals surface area contributed by atoms with Gasteiger partial charge in [-0.2, -0.15) is 0 Å². The van der Waals surface area contributed by atoms with Crippen LogP contribution in [0.2, 0.25) is 4.34 Å². The van der Waals surface area contributed by atoms with Crippen molar-refractivity contribution < 1.29 is 14.3 Å². The average molecular weight is 336 g/mol. The molecule has 0 aliphatic heterocycles. The minimum atomic E-state index is -0.270. The summed E-state index contributed by atoms with van der Waals surface area (Å²) in [6.45, 7) is 2.53. The van der Waals surface area contributed by atoms with E-state index in [0.717, 1.165) is 15.0 Å². The predicted octanol–water partition coefficient (Wildman–Crippen LogP) is 3.05. The SMILES string of the molecule is CCOC(=O)CCN(C)C(=O)CSCc1ccc(Cl)s1. The fourth-order valence-corrected chi connectivity index (χ4v) is 3.56. The normalized spacial score (nSPS) is 10.3. The van der Waals surface area contributed by atoms with E-state index in [0.29, 0.717) is 18.9 Å². The molecule has 0 fully saturated rings. The third kappa shape index (κ3) is 6.63. The Morgan fingerprint density at radius 3 is 2.80 bits per heavy atom. The van der Waals surface area contributed by atoms with Crippen LogP contribution >= 0.6 is 34.7 Å². The fourth-order valence-electron chi connectivity index (χ4n) is 1.40. The molecule has 1 heterocycles. The largest absolute Gasteiger partial charge is 0.466 e. The summed E-state index contributed by atoms with van der Waals surface area (Å²) in [5.74, 6) is 0.916. The first kappa shape index (κ1) is 17.3. The standard InChI is InChI=1S/C13H18ClNO3S2/c1-3-18-13(17)6-7-15(2)12(16)9-19-8-10-4-5-11(14)20-10/h4-5H,3,6-9H2,1-2H3. The molecule has 112 valence electrons. The van der Waals surface area contributed by atoms with E-state index in [9.17, 15) is 9.59 Å². The van der Waals surface area contributed by atoms with Gasteiger partial charge in [0, 0.05) is 24.2 Å². The molecule has 4 nitrogen and oxygen atoms in total. The average Bonchev–Trinajstić information content (AvgIpc) is 2.82. The highest BCUT2D eigenvalue weighted by Crippen LogP contribution is 2.25. The van der Waals surface area contributed by atoms with Gasteiger partial charge in [0.15, 0.2) is 0 Å². The minimum absolute atomic E-state index is 0.0157. The summed E-state index contributed by atoms with van der Waals surface area (Å²) in [6, 6.07) is 3.82. The monoisotopic (exact) mass is 335 g/mol. The van der Waals surface area contributed by atoms with Crippen molar-refractivity contribution in [3.05, 3.63) is 21.3 Å². The second kappa shape index (κ2) is 9.26. The van der Waals surface area contributed by atoms with Gasteiger partial charge in [-0.15, -0.1) is 23.1 Å². The number of amides is 1.